The van der Waals surface area contributed by atoms with E-state index in [1.807, 2.05) is 19.1 Å². The van der Waals surface area contributed by atoms with Gasteiger partial charge in [-0.25, -0.2) is 0 Å². The predicted octanol–water partition coefficient (Wildman–Crippen LogP) is 1.03. The van der Waals surface area contributed by atoms with Crippen LogP contribution in [-0.2, 0) is 20.3 Å². The van der Waals surface area contributed by atoms with Crippen LogP contribution in [0.2, 0.25) is 0 Å². The maximum Gasteiger partial charge on any atom is 0.302 e. The molecule has 0 aliphatic carbocycles. The Morgan fingerprint density at radius 1 is 1.41 bits per heavy atom. The maximum atomic E-state index is 11.8. The van der Waals surface area contributed by atoms with E-state index in [0.717, 1.165) is 5.56 Å². The summed E-state index contributed by atoms with van der Waals surface area (Å²) in [6.07, 6.45) is -0.902. The Balaban J connectivity index is 2.48. The number of esters is 1. The molecule has 17 heavy (non-hydrogen) atoms. The first kappa shape index (κ1) is 13.9. The monoisotopic (exact) mass is 256 g/mol. The first-order chi connectivity index (χ1) is 7.99. The SMILES string of the molecule is CC(=O)OC[C@H](O)C[S@](=O)c1ccc(C)cc1. The van der Waals surface area contributed by atoms with Gasteiger partial charge in [0.1, 0.15) is 6.61 Å². The topological polar surface area (TPSA) is 63.6 Å². The number of aliphatic hydroxyl groups is 1. The van der Waals surface area contributed by atoms with Gasteiger partial charge in [0.05, 0.1) is 22.7 Å². The second-order valence-corrected chi connectivity index (χ2v) is 5.28. The second kappa shape index (κ2) is 6.51. The van der Waals surface area contributed by atoms with Crippen molar-refractivity contribution in [3.05, 3.63) is 29.8 Å². The highest BCUT2D eigenvalue weighted by atomic mass is 32.2. The molecule has 4 nitrogen and oxygen atoms in total. The fraction of sp³-hybridized carbons (Fsp3) is 0.417. The summed E-state index contributed by atoms with van der Waals surface area (Å²) in [5.41, 5.74) is 1.09. The highest BCUT2D eigenvalue weighted by Gasteiger charge is 2.12. The normalized spacial score (nSPS) is 14.1. The van der Waals surface area contributed by atoms with Gasteiger partial charge < -0.3 is 9.84 Å². The third kappa shape index (κ3) is 5.10. The molecule has 0 amide bonds. The van der Waals surface area contributed by atoms with E-state index in [-0.39, 0.29) is 12.4 Å². The molecule has 0 fully saturated rings. The molecule has 1 rings (SSSR count). The van der Waals surface area contributed by atoms with Crippen LogP contribution in [-0.4, -0.2) is 33.7 Å². The summed E-state index contributed by atoms with van der Waals surface area (Å²) in [5.74, 6) is -0.388. The van der Waals surface area contributed by atoms with Crippen LogP contribution in [0.5, 0.6) is 0 Å². The van der Waals surface area contributed by atoms with E-state index in [4.69, 9.17) is 0 Å². The molecule has 0 saturated heterocycles. The van der Waals surface area contributed by atoms with Crippen LogP contribution in [0.1, 0.15) is 12.5 Å². The summed E-state index contributed by atoms with van der Waals surface area (Å²) in [6.45, 7) is 3.10. The molecule has 0 bridgehead atoms. The van der Waals surface area contributed by atoms with Gasteiger partial charge in [0.25, 0.3) is 0 Å². The van der Waals surface area contributed by atoms with E-state index in [0.29, 0.717) is 4.90 Å². The number of rotatable bonds is 5. The standard InChI is InChI=1S/C12H16O4S/c1-9-3-5-12(6-4-9)17(15)8-11(14)7-16-10(2)13/h3-6,11,14H,7-8H2,1-2H3/t11-,17-/m0/s1. The van der Waals surface area contributed by atoms with Gasteiger partial charge in [-0.2, -0.15) is 0 Å². The largest absolute Gasteiger partial charge is 0.463 e. The van der Waals surface area contributed by atoms with E-state index in [9.17, 15) is 14.1 Å². The molecule has 0 radical (unpaired) electrons. The van der Waals surface area contributed by atoms with Crippen LogP contribution in [0.3, 0.4) is 0 Å². The molecule has 0 heterocycles. The van der Waals surface area contributed by atoms with Crippen molar-refractivity contribution >= 4 is 16.8 Å². The van der Waals surface area contributed by atoms with Gasteiger partial charge in [0.2, 0.25) is 0 Å². The first-order valence-electron chi connectivity index (χ1n) is 5.25. The number of hydrogen-bond acceptors (Lipinski definition) is 4. The van der Waals surface area contributed by atoms with Gasteiger partial charge >= 0.3 is 5.97 Å². The maximum absolute atomic E-state index is 11.8. The third-order valence-electron chi connectivity index (χ3n) is 2.11. The number of hydrogen-bond donors (Lipinski definition) is 1. The number of ether oxygens (including phenoxy) is 1. The van der Waals surface area contributed by atoms with Crippen LogP contribution in [0.15, 0.2) is 29.2 Å². The van der Waals surface area contributed by atoms with E-state index in [1.165, 1.54) is 6.92 Å². The summed E-state index contributed by atoms with van der Waals surface area (Å²) in [7, 11) is -1.28. The Labute approximate surface area is 103 Å². The first-order valence-corrected chi connectivity index (χ1v) is 6.57. The molecular formula is C12H16O4S. The van der Waals surface area contributed by atoms with Crippen LogP contribution in [0, 0.1) is 6.92 Å². The Morgan fingerprint density at radius 3 is 2.53 bits per heavy atom. The molecule has 0 aliphatic heterocycles. The minimum Gasteiger partial charge on any atom is -0.463 e. The molecular weight excluding hydrogens is 240 g/mol. The third-order valence-corrected chi connectivity index (χ3v) is 3.59. The lowest BCUT2D eigenvalue weighted by Gasteiger charge is -2.10. The molecule has 5 heteroatoms. The number of carbonyl (C=O) groups excluding carboxylic acids is 1. The quantitative estimate of drug-likeness (QED) is 0.799. The van der Waals surface area contributed by atoms with Gasteiger partial charge in [0, 0.05) is 11.8 Å². The highest BCUT2D eigenvalue weighted by molar-refractivity contribution is 7.85. The lowest BCUT2D eigenvalue weighted by Crippen LogP contribution is -2.23. The molecule has 0 aliphatic rings. The summed E-state index contributed by atoms with van der Waals surface area (Å²) in [6, 6.07) is 7.27. The molecule has 1 aromatic rings. The van der Waals surface area contributed by atoms with Gasteiger partial charge in [-0.1, -0.05) is 17.7 Å². The minimum absolute atomic E-state index is 0.0658. The zero-order chi connectivity index (χ0) is 12.8. The van der Waals surface area contributed by atoms with Gasteiger partial charge in [-0.3, -0.25) is 9.00 Å². The molecule has 0 unspecified atom stereocenters. The number of benzene rings is 1. The van der Waals surface area contributed by atoms with Crippen molar-refractivity contribution in [2.75, 3.05) is 12.4 Å². The van der Waals surface area contributed by atoms with Crippen molar-refractivity contribution in [1.29, 1.82) is 0 Å². The Morgan fingerprint density at radius 2 is 2.00 bits per heavy atom. The Bertz CT molecular complexity index is 399. The zero-order valence-corrected chi connectivity index (χ0v) is 10.7. The van der Waals surface area contributed by atoms with Crippen molar-refractivity contribution in [2.45, 2.75) is 24.8 Å². The molecule has 94 valence electrons. The lowest BCUT2D eigenvalue weighted by atomic mass is 10.2. The minimum atomic E-state index is -1.28. The average molecular weight is 256 g/mol. The van der Waals surface area contributed by atoms with Crippen LogP contribution in [0.4, 0.5) is 0 Å². The van der Waals surface area contributed by atoms with Crippen molar-refractivity contribution in [1.82, 2.24) is 0 Å². The van der Waals surface area contributed by atoms with Crippen LogP contribution in [0.25, 0.3) is 0 Å². The van der Waals surface area contributed by atoms with Crippen molar-refractivity contribution < 1.29 is 18.8 Å². The Hall–Kier alpha value is -1.20. The summed E-state index contributed by atoms with van der Waals surface area (Å²) in [4.78, 5) is 11.2. The predicted molar refractivity (Wildman–Crippen MR) is 65.1 cm³/mol. The van der Waals surface area contributed by atoms with Crippen LogP contribution < -0.4 is 0 Å². The zero-order valence-electron chi connectivity index (χ0n) is 9.88. The highest BCUT2D eigenvalue weighted by Crippen LogP contribution is 2.09. The Kier molecular flexibility index (Phi) is 5.31. The fourth-order valence-corrected chi connectivity index (χ4v) is 2.30. The number of aryl methyl sites for hydroxylation is 1. The molecule has 2 atom stereocenters. The van der Waals surface area contributed by atoms with Crippen molar-refractivity contribution in [3.8, 4) is 0 Å². The smallest absolute Gasteiger partial charge is 0.302 e. The summed E-state index contributed by atoms with van der Waals surface area (Å²) >= 11 is 0. The summed E-state index contributed by atoms with van der Waals surface area (Å²) in [5, 5.41) is 9.51. The molecule has 1 N–H and O–H groups in total. The van der Waals surface area contributed by atoms with Gasteiger partial charge in [-0.15, -0.1) is 0 Å². The lowest BCUT2D eigenvalue weighted by molar-refractivity contribution is -0.143. The van der Waals surface area contributed by atoms with Crippen LogP contribution >= 0.6 is 0 Å². The van der Waals surface area contributed by atoms with Gasteiger partial charge in [-0.05, 0) is 19.1 Å². The molecule has 0 spiro atoms. The van der Waals surface area contributed by atoms with E-state index < -0.39 is 22.9 Å². The number of carbonyl (C=O) groups is 1. The average Bonchev–Trinajstić information content (AvgIpc) is 2.27. The molecule has 0 aromatic heterocycles. The van der Waals surface area contributed by atoms with Crippen molar-refractivity contribution in [2.24, 2.45) is 0 Å². The molecule has 0 saturated carbocycles. The van der Waals surface area contributed by atoms with Crippen molar-refractivity contribution in [3.63, 3.8) is 0 Å². The summed E-state index contributed by atoms with van der Waals surface area (Å²) < 4.78 is 16.5. The van der Waals surface area contributed by atoms with E-state index in [2.05, 4.69) is 4.74 Å². The molecule has 1 aromatic carbocycles. The van der Waals surface area contributed by atoms with Gasteiger partial charge in [0.15, 0.2) is 0 Å². The fourth-order valence-electron chi connectivity index (χ4n) is 1.22. The van der Waals surface area contributed by atoms with E-state index in [1.54, 1.807) is 12.1 Å². The second-order valence-electron chi connectivity index (χ2n) is 3.78. The van der Waals surface area contributed by atoms with E-state index >= 15 is 0 Å². The number of aliphatic hydroxyl groups excluding tert-OH is 1.